The van der Waals surface area contributed by atoms with Crippen LogP contribution in [0.2, 0.25) is 5.02 Å². The van der Waals surface area contributed by atoms with Gasteiger partial charge in [0.15, 0.2) is 5.82 Å². The Balaban J connectivity index is 1.45. The highest BCUT2D eigenvalue weighted by Gasteiger charge is 2.30. The standard InChI is InChI=1S/C20H15ClF3N7O/c21-18-16(26-7-13-1-3-14(4-2-13)10-30-12-25-11-29-30)9-28-31(19(18)32)17-6-5-15(8-27-17)20(22,23)24/h1-6,8-9,11-12,26H,7,10H2. The van der Waals surface area contributed by atoms with Crippen LogP contribution < -0.4 is 10.9 Å². The molecule has 0 saturated heterocycles. The highest BCUT2D eigenvalue weighted by molar-refractivity contribution is 6.32. The number of halogens is 4. The van der Waals surface area contributed by atoms with Crippen molar-refractivity contribution in [1.82, 2.24) is 29.5 Å². The van der Waals surface area contributed by atoms with E-state index in [9.17, 15) is 18.0 Å². The lowest BCUT2D eigenvalue weighted by Crippen LogP contribution is -2.23. The maximum Gasteiger partial charge on any atom is 0.417 e. The molecule has 12 heteroatoms. The fourth-order valence-electron chi connectivity index (χ4n) is 2.86. The summed E-state index contributed by atoms with van der Waals surface area (Å²) in [4.78, 5) is 20.1. The van der Waals surface area contributed by atoms with Crippen molar-refractivity contribution in [2.75, 3.05) is 5.32 Å². The van der Waals surface area contributed by atoms with Gasteiger partial charge >= 0.3 is 6.18 Å². The van der Waals surface area contributed by atoms with Crippen LogP contribution in [0.1, 0.15) is 16.7 Å². The molecular formula is C20H15ClF3N7O. The first-order chi connectivity index (χ1) is 15.3. The SMILES string of the molecule is O=c1c(Cl)c(NCc2ccc(Cn3cncn3)cc2)cnn1-c1ccc(C(F)(F)F)cn1. The molecule has 3 aromatic heterocycles. The minimum atomic E-state index is -4.52. The van der Waals surface area contributed by atoms with Crippen LogP contribution in [0.5, 0.6) is 0 Å². The number of alkyl halides is 3. The van der Waals surface area contributed by atoms with Gasteiger partial charge in [-0.2, -0.15) is 28.1 Å². The van der Waals surface area contributed by atoms with Gasteiger partial charge in [0.2, 0.25) is 0 Å². The van der Waals surface area contributed by atoms with Gasteiger partial charge in [0, 0.05) is 12.7 Å². The zero-order chi connectivity index (χ0) is 22.7. The molecule has 1 aromatic carbocycles. The van der Waals surface area contributed by atoms with Crippen molar-refractivity contribution in [1.29, 1.82) is 0 Å². The summed E-state index contributed by atoms with van der Waals surface area (Å²) in [6.45, 7) is 0.979. The van der Waals surface area contributed by atoms with Crippen LogP contribution in [-0.4, -0.2) is 29.5 Å². The van der Waals surface area contributed by atoms with Crippen molar-refractivity contribution in [2.45, 2.75) is 19.3 Å². The predicted octanol–water partition coefficient (Wildman–Crippen LogP) is 3.55. The second-order valence-corrected chi connectivity index (χ2v) is 7.13. The van der Waals surface area contributed by atoms with Crippen molar-refractivity contribution in [3.05, 3.63) is 93.5 Å². The quantitative estimate of drug-likeness (QED) is 0.472. The average molecular weight is 462 g/mol. The monoisotopic (exact) mass is 461 g/mol. The number of rotatable bonds is 6. The molecule has 164 valence electrons. The van der Waals surface area contributed by atoms with E-state index in [0.29, 0.717) is 25.0 Å². The van der Waals surface area contributed by atoms with Gasteiger partial charge in [0.05, 0.1) is 24.0 Å². The number of aromatic nitrogens is 6. The molecule has 0 aliphatic heterocycles. The van der Waals surface area contributed by atoms with E-state index in [0.717, 1.165) is 27.9 Å². The van der Waals surface area contributed by atoms with E-state index in [1.807, 2.05) is 24.3 Å². The fraction of sp³-hybridized carbons (Fsp3) is 0.150. The number of benzene rings is 1. The average Bonchev–Trinajstić information content (AvgIpc) is 3.28. The molecule has 0 aliphatic carbocycles. The molecule has 0 aliphatic rings. The van der Waals surface area contributed by atoms with Crippen molar-refractivity contribution in [3.8, 4) is 5.82 Å². The molecule has 4 rings (SSSR count). The van der Waals surface area contributed by atoms with Crippen LogP contribution in [0.3, 0.4) is 0 Å². The second-order valence-electron chi connectivity index (χ2n) is 6.76. The molecule has 1 N–H and O–H groups in total. The Morgan fingerprint density at radius 1 is 1.00 bits per heavy atom. The molecule has 0 fully saturated rings. The molecule has 8 nitrogen and oxygen atoms in total. The van der Waals surface area contributed by atoms with Crippen LogP contribution in [0, 0.1) is 0 Å². The Hall–Kier alpha value is -3.73. The van der Waals surface area contributed by atoms with E-state index in [1.165, 1.54) is 12.5 Å². The van der Waals surface area contributed by atoms with E-state index < -0.39 is 17.3 Å². The number of nitrogens with zero attached hydrogens (tertiary/aromatic N) is 6. The minimum Gasteiger partial charge on any atom is -0.378 e. The molecule has 4 aromatic rings. The zero-order valence-corrected chi connectivity index (χ0v) is 17.0. The summed E-state index contributed by atoms with van der Waals surface area (Å²) in [5.41, 5.74) is 0.659. The summed E-state index contributed by atoms with van der Waals surface area (Å²) < 4.78 is 40.6. The third-order valence-electron chi connectivity index (χ3n) is 4.53. The number of hydrogen-bond acceptors (Lipinski definition) is 6. The summed E-state index contributed by atoms with van der Waals surface area (Å²) in [5.74, 6) is -0.0700. The van der Waals surface area contributed by atoms with E-state index in [2.05, 4.69) is 25.5 Å². The first-order valence-corrected chi connectivity index (χ1v) is 9.64. The van der Waals surface area contributed by atoms with Gasteiger partial charge in [-0.1, -0.05) is 35.9 Å². The Morgan fingerprint density at radius 3 is 2.38 bits per heavy atom. The summed E-state index contributed by atoms with van der Waals surface area (Å²) in [5, 5.41) is 10.9. The Bertz CT molecular complexity index is 1250. The van der Waals surface area contributed by atoms with Crippen molar-refractivity contribution < 1.29 is 13.2 Å². The van der Waals surface area contributed by atoms with Crippen molar-refractivity contribution in [2.24, 2.45) is 0 Å². The van der Waals surface area contributed by atoms with Crippen LogP contribution in [0.15, 0.2) is 66.2 Å². The molecule has 0 amide bonds. The number of nitrogens with one attached hydrogen (secondary N) is 1. The summed E-state index contributed by atoms with van der Waals surface area (Å²) in [6, 6.07) is 9.63. The van der Waals surface area contributed by atoms with Crippen LogP contribution in [0.4, 0.5) is 18.9 Å². The Labute approximate surface area is 184 Å². The lowest BCUT2D eigenvalue weighted by Gasteiger charge is -2.11. The second kappa shape index (κ2) is 8.79. The van der Waals surface area contributed by atoms with Gasteiger partial charge in [-0.05, 0) is 23.3 Å². The van der Waals surface area contributed by atoms with Gasteiger partial charge in [0.25, 0.3) is 5.56 Å². The molecule has 32 heavy (non-hydrogen) atoms. The molecule has 0 unspecified atom stereocenters. The highest BCUT2D eigenvalue weighted by Crippen LogP contribution is 2.28. The largest absolute Gasteiger partial charge is 0.417 e. The topological polar surface area (TPSA) is 90.5 Å². The van der Waals surface area contributed by atoms with Gasteiger partial charge in [-0.15, -0.1) is 0 Å². The van der Waals surface area contributed by atoms with E-state index in [4.69, 9.17) is 11.6 Å². The van der Waals surface area contributed by atoms with Gasteiger partial charge in [-0.25, -0.2) is 14.6 Å². The fourth-order valence-corrected chi connectivity index (χ4v) is 3.06. The normalized spacial score (nSPS) is 11.5. The van der Waals surface area contributed by atoms with Gasteiger partial charge in [0.1, 0.15) is 17.7 Å². The zero-order valence-electron chi connectivity index (χ0n) is 16.3. The predicted molar refractivity (Wildman–Crippen MR) is 111 cm³/mol. The van der Waals surface area contributed by atoms with Crippen LogP contribution >= 0.6 is 11.6 Å². The molecule has 0 radical (unpaired) electrons. The molecule has 0 bridgehead atoms. The summed E-state index contributed by atoms with van der Waals surface area (Å²) >= 11 is 6.16. The summed E-state index contributed by atoms with van der Waals surface area (Å²) in [7, 11) is 0. The smallest absolute Gasteiger partial charge is 0.378 e. The Kier molecular flexibility index (Phi) is 5.91. The third kappa shape index (κ3) is 4.78. The molecular weight excluding hydrogens is 447 g/mol. The maximum atomic E-state index is 12.7. The van der Waals surface area contributed by atoms with E-state index >= 15 is 0 Å². The number of hydrogen-bond donors (Lipinski definition) is 1. The van der Waals surface area contributed by atoms with Crippen LogP contribution in [0.25, 0.3) is 5.82 Å². The first kappa shape index (κ1) is 21.5. The van der Waals surface area contributed by atoms with E-state index in [1.54, 1.807) is 11.0 Å². The molecule has 0 spiro atoms. The highest BCUT2D eigenvalue weighted by atomic mass is 35.5. The lowest BCUT2D eigenvalue weighted by atomic mass is 10.1. The molecule has 0 atom stereocenters. The number of anilines is 1. The van der Waals surface area contributed by atoms with Gasteiger partial charge in [-0.3, -0.25) is 4.79 Å². The van der Waals surface area contributed by atoms with Gasteiger partial charge < -0.3 is 5.32 Å². The number of pyridine rings is 1. The summed E-state index contributed by atoms with van der Waals surface area (Å²) in [6.07, 6.45) is 0.534. The minimum absolute atomic E-state index is 0.0700. The van der Waals surface area contributed by atoms with Crippen LogP contribution in [-0.2, 0) is 19.3 Å². The van der Waals surface area contributed by atoms with Crippen molar-refractivity contribution >= 4 is 17.3 Å². The lowest BCUT2D eigenvalue weighted by molar-refractivity contribution is -0.137. The Morgan fingerprint density at radius 2 is 1.75 bits per heavy atom. The molecule has 0 saturated carbocycles. The maximum absolute atomic E-state index is 12.7. The van der Waals surface area contributed by atoms with Crippen molar-refractivity contribution in [3.63, 3.8) is 0 Å². The molecule has 3 heterocycles. The van der Waals surface area contributed by atoms with E-state index in [-0.39, 0.29) is 10.8 Å². The first-order valence-electron chi connectivity index (χ1n) is 9.27. The third-order valence-corrected chi connectivity index (χ3v) is 4.89.